The smallest absolute Gasteiger partial charge is 0.306 e. The molecule has 6 nitrogen and oxygen atoms in total. The number of hydrogen-bond donors (Lipinski definition) is 0. The van der Waals surface area contributed by atoms with Crippen LogP contribution in [0.25, 0.3) is 0 Å². The monoisotopic (exact) mass is 751 g/mol. The Morgan fingerprint density at radius 1 is 0.358 bits per heavy atom. The molecule has 0 saturated carbocycles. The van der Waals surface area contributed by atoms with E-state index in [0.29, 0.717) is 19.3 Å². The fraction of sp³-hybridized carbons (Fsp3) is 0.936. The largest absolute Gasteiger partial charge is 0.462 e. The first-order chi connectivity index (χ1) is 25.9. The van der Waals surface area contributed by atoms with Crippen LogP contribution in [0.15, 0.2) is 0 Å². The topological polar surface area (TPSA) is 78.9 Å². The molecule has 0 rings (SSSR count). The highest BCUT2D eigenvalue weighted by Gasteiger charge is 2.19. The summed E-state index contributed by atoms with van der Waals surface area (Å²) in [6, 6.07) is 0. The van der Waals surface area contributed by atoms with Crippen LogP contribution in [0.1, 0.15) is 259 Å². The quantitative estimate of drug-likeness (QED) is 0.0351. The van der Waals surface area contributed by atoms with Crippen LogP contribution in [-0.2, 0) is 28.6 Å². The lowest BCUT2D eigenvalue weighted by Gasteiger charge is -2.18. The van der Waals surface area contributed by atoms with Crippen molar-refractivity contribution in [2.24, 2.45) is 5.92 Å². The van der Waals surface area contributed by atoms with Gasteiger partial charge in [-0.1, -0.05) is 220 Å². The Labute approximate surface area is 329 Å². The summed E-state index contributed by atoms with van der Waals surface area (Å²) >= 11 is 0. The average Bonchev–Trinajstić information content (AvgIpc) is 3.14. The summed E-state index contributed by atoms with van der Waals surface area (Å²) in [7, 11) is 0. The van der Waals surface area contributed by atoms with E-state index in [2.05, 4.69) is 27.7 Å². The normalized spacial score (nSPS) is 11.9. The molecule has 0 aliphatic rings. The van der Waals surface area contributed by atoms with Crippen molar-refractivity contribution in [3.8, 4) is 0 Å². The predicted octanol–water partition coefficient (Wildman–Crippen LogP) is 14.7. The van der Waals surface area contributed by atoms with Crippen LogP contribution in [0.2, 0.25) is 0 Å². The molecule has 0 aromatic carbocycles. The van der Waals surface area contributed by atoms with Crippen molar-refractivity contribution < 1.29 is 28.6 Å². The second-order valence-electron chi connectivity index (χ2n) is 16.5. The van der Waals surface area contributed by atoms with Crippen molar-refractivity contribution >= 4 is 17.9 Å². The van der Waals surface area contributed by atoms with Gasteiger partial charge in [-0.15, -0.1) is 0 Å². The van der Waals surface area contributed by atoms with E-state index in [1.54, 1.807) is 0 Å². The number of carbonyl (C=O) groups is 3. The first kappa shape index (κ1) is 51.4. The second kappa shape index (κ2) is 41.6. The number of carbonyl (C=O) groups excluding carboxylic acids is 3. The SMILES string of the molecule is CCCCCCCCCCCCCCCC(=O)OC[C@@H](COC(=O)CCCCCCCCCC(C)C)OC(=O)CCCCCCCCCCCCCC. The van der Waals surface area contributed by atoms with Crippen LogP contribution in [0.3, 0.4) is 0 Å². The number of ether oxygens (including phenoxy) is 3. The number of rotatable bonds is 42. The summed E-state index contributed by atoms with van der Waals surface area (Å²) in [6.07, 6.45) is 40.9. The molecule has 0 aliphatic carbocycles. The van der Waals surface area contributed by atoms with Crippen LogP contribution in [0, 0.1) is 5.92 Å². The maximum absolute atomic E-state index is 12.7. The molecule has 0 fully saturated rings. The van der Waals surface area contributed by atoms with E-state index >= 15 is 0 Å². The summed E-state index contributed by atoms with van der Waals surface area (Å²) < 4.78 is 16.7. The van der Waals surface area contributed by atoms with Crippen molar-refractivity contribution in [1.82, 2.24) is 0 Å². The number of unbranched alkanes of at least 4 members (excludes halogenated alkanes) is 29. The molecule has 1 atom stereocenters. The van der Waals surface area contributed by atoms with Crippen molar-refractivity contribution in [2.75, 3.05) is 13.2 Å². The minimum atomic E-state index is -0.759. The molecule has 0 bridgehead atoms. The van der Waals surface area contributed by atoms with Gasteiger partial charge in [-0.05, 0) is 25.2 Å². The number of esters is 3. The molecule has 0 spiro atoms. The molecule has 0 aliphatic heterocycles. The van der Waals surface area contributed by atoms with Gasteiger partial charge in [0.05, 0.1) is 0 Å². The molecule has 0 heterocycles. The Hall–Kier alpha value is -1.59. The van der Waals surface area contributed by atoms with E-state index in [-0.39, 0.29) is 31.1 Å². The van der Waals surface area contributed by atoms with Gasteiger partial charge < -0.3 is 14.2 Å². The van der Waals surface area contributed by atoms with Crippen molar-refractivity contribution in [2.45, 2.75) is 265 Å². The van der Waals surface area contributed by atoms with Gasteiger partial charge >= 0.3 is 17.9 Å². The lowest BCUT2D eigenvalue weighted by atomic mass is 10.0. The molecule has 0 aromatic heterocycles. The standard InChI is InChI=1S/C47H90O6/c1-5-7-9-11-13-15-17-19-21-22-26-30-34-38-45(48)51-41-44(42-52-46(49)39-35-31-28-24-25-29-33-37-43(3)4)53-47(50)40-36-32-27-23-20-18-16-14-12-10-8-6-2/h43-44H,5-42H2,1-4H3/t44-/m0/s1. The van der Waals surface area contributed by atoms with Crippen LogP contribution < -0.4 is 0 Å². The summed E-state index contributed by atoms with van der Waals surface area (Å²) in [5, 5.41) is 0. The first-order valence-corrected chi connectivity index (χ1v) is 23.4. The molecular formula is C47H90O6. The number of hydrogen-bond acceptors (Lipinski definition) is 6. The predicted molar refractivity (Wildman–Crippen MR) is 224 cm³/mol. The third kappa shape index (κ3) is 41.4. The molecule has 314 valence electrons. The Morgan fingerprint density at radius 3 is 0.925 bits per heavy atom. The highest BCUT2D eigenvalue weighted by Crippen LogP contribution is 2.16. The van der Waals surface area contributed by atoms with Crippen LogP contribution in [0.4, 0.5) is 0 Å². The van der Waals surface area contributed by atoms with E-state index < -0.39 is 6.10 Å². The van der Waals surface area contributed by atoms with Gasteiger partial charge in [0.25, 0.3) is 0 Å². The first-order valence-electron chi connectivity index (χ1n) is 23.4. The molecule has 0 radical (unpaired) electrons. The maximum Gasteiger partial charge on any atom is 0.306 e. The third-order valence-electron chi connectivity index (χ3n) is 10.5. The zero-order valence-electron chi connectivity index (χ0n) is 36.0. The van der Waals surface area contributed by atoms with Gasteiger partial charge in [0.2, 0.25) is 0 Å². The van der Waals surface area contributed by atoms with Gasteiger partial charge in [0.1, 0.15) is 13.2 Å². The summed E-state index contributed by atoms with van der Waals surface area (Å²) in [5.41, 5.74) is 0. The van der Waals surface area contributed by atoms with E-state index in [1.807, 2.05) is 0 Å². The maximum atomic E-state index is 12.7. The molecule has 0 aromatic rings. The van der Waals surface area contributed by atoms with E-state index in [0.717, 1.165) is 63.7 Å². The highest BCUT2D eigenvalue weighted by molar-refractivity contribution is 5.71. The zero-order valence-corrected chi connectivity index (χ0v) is 36.0. The summed E-state index contributed by atoms with van der Waals surface area (Å²) in [5.74, 6) is -0.0729. The molecule has 0 N–H and O–H groups in total. The van der Waals surface area contributed by atoms with Crippen molar-refractivity contribution in [1.29, 1.82) is 0 Å². The average molecular weight is 751 g/mol. The molecule has 0 unspecified atom stereocenters. The molecular weight excluding hydrogens is 661 g/mol. The van der Waals surface area contributed by atoms with E-state index in [4.69, 9.17) is 14.2 Å². The molecule has 6 heteroatoms. The van der Waals surface area contributed by atoms with Crippen molar-refractivity contribution in [3.63, 3.8) is 0 Å². The fourth-order valence-electron chi connectivity index (χ4n) is 6.98. The van der Waals surface area contributed by atoms with E-state index in [1.165, 1.54) is 154 Å². The zero-order chi connectivity index (χ0) is 38.9. The summed E-state index contributed by atoms with van der Waals surface area (Å²) in [4.78, 5) is 37.7. The van der Waals surface area contributed by atoms with Crippen LogP contribution in [0.5, 0.6) is 0 Å². The Morgan fingerprint density at radius 2 is 0.623 bits per heavy atom. The van der Waals surface area contributed by atoms with Crippen LogP contribution >= 0.6 is 0 Å². The van der Waals surface area contributed by atoms with Gasteiger partial charge in [0.15, 0.2) is 6.10 Å². The second-order valence-corrected chi connectivity index (χ2v) is 16.5. The van der Waals surface area contributed by atoms with Gasteiger partial charge in [-0.3, -0.25) is 14.4 Å². The molecule has 0 amide bonds. The lowest BCUT2D eigenvalue weighted by molar-refractivity contribution is -0.167. The van der Waals surface area contributed by atoms with E-state index in [9.17, 15) is 14.4 Å². The Balaban J connectivity index is 4.32. The minimum absolute atomic E-state index is 0.0639. The fourth-order valence-corrected chi connectivity index (χ4v) is 6.98. The molecule has 53 heavy (non-hydrogen) atoms. The van der Waals surface area contributed by atoms with Gasteiger partial charge in [-0.25, -0.2) is 0 Å². The lowest BCUT2D eigenvalue weighted by Crippen LogP contribution is -2.30. The van der Waals surface area contributed by atoms with Gasteiger partial charge in [-0.2, -0.15) is 0 Å². The third-order valence-corrected chi connectivity index (χ3v) is 10.5. The van der Waals surface area contributed by atoms with Crippen LogP contribution in [-0.4, -0.2) is 37.2 Å². The van der Waals surface area contributed by atoms with Crippen molar-refractivity contribution in [3.05, 3.63) is 0 Å². The Kier molecular flexibility index (Phi) is 40.3. The Bertz CT molecular complexity index is 796. The molecule has 0 saturated heterocycles. The minimum Gasteiger partial charge on any atom is -0.462 e. The summed E-state index contributed by atoms with van der Waals surface area (Å²) in [6.45, 7) is 8.95. The van der Waals surface area contributed by atoms with Gasteiger partial charge in [0, 0.05) is 19.3 Å². The highest BCUT2D eigenvalue weighted by atomic mass is 16.6.